The summed E-state index contributed by atoms with van der Waals surface area (Å²) in [4.78, 5) is 19.6. The highest BCUT2D eigenvalue weighted by Crippen LogP contribution is 2.66. The molecule has 0 spiro atoms. The zero-order valence-corrected chi connectivity index (χ0v) is 28.2. The minimum Gasteiger partial charge on any atom is -0.385 e. The molecule has 1 unspecified atom stereocenters. The molecule has 0 saturated heterocycles. The fourth-order valence-corrected chi connectivity index (χ4v) is 10.8. The molecule has 4 fully saturated rings. The van der Waals surface area contributed by atoms with Crippen LogP contribution in [0.5, 0.6) is 0 Å². The topological polar surface area (TPSA) is 139 Å². The van der Waals surface area contributed by atoms with Gasteiger partial charge in [-0.05, 0) is 70.4 Å². The molecule has 6 atom stereocenters. The lowest BCUT2D eigenvalue weighted by molar-refractivity contribution is -0.119. The number of thiazole rings is 1. The Morgan fingerprint density at radius 2 is 1.87 bits per heavy atom. The molecule has 8 rings (SSSR count). The second-order valence-corrected chi connectivity index (χ2v) is 17.2. The molecule has 4 saturated carbocycles. The molecule has 3 aromatic heterocycles. The highest BCUT2D eigenvalue weighted by atomic mass is 32.2. The molecule has 12 heteroatoms. The second kappa shape index (κ2) is 10.7. The molecule has 4 aromatic rings. The van der Waals surface area contributed by atoms with E-state index in [1.807, 2.05) is 49.5 Å². The van der Waals surface area contributed by atoms with Gasteiger partial charge in [0.25, 0.3) is 0 Å². The molecule has 10 nitrogen and oxygen atoms in total. The summed E-state index contributed by atoms with van der Waals surface area (Å²) < 4.78 is 33.5. The zero-order valence-electron chi connectivity index (χ0n) is 26.5. The summed E-state index contributed by atoms with van der Waals surface area (Å²) in [5.41, 5.74) is 1.70. The Morgan fingerprint density at radius 3 is 2.57 bits per heavy atom. The summed E-state index contributed by atoms with van der Waals surface area (Å²) in [6, 6.07) is 11.4. The Morgan fingerprint density at radius 1 is 1.11 bits per heavy atom. The van der Waals surface area contributed by atoms with Crippen molar-refractivity contribution in [2.24, 2.45) is 11.8 Å². The molecule has 242 valence electrons. The number of pyridine rings is 1. The van der Waals surface area contributed by atoms with Gasteiger partial charge in [0.05, 0.1) is 39.5 Å². The number of aliphatic hydroxyl groups is 1. The average molecular weight is 661 g/mol. The van der Waals surface area contributed by atoms with E-state index < -0.39 is 32.3 Å². The number of hydrogen-bond acceptors (Lipinski definition) is 11. The number of fused-ring (bicyclic) bond motifs is 2. The summed E-state index contributed by atoms with van der Waals surface area (Å²) in [6.07, 6.45) is 8.17. The summed E-state index contributed by atoms with van der Waals surface area (Å²) in [6.45, 7) is 6.04. The van der Waals surface area contributed by atoms with Crippen molar-refractivity contribution in [3.8, 4) is 10.6 Å². The number of anilines is 2. The number of benzene rings is 1. The first kappa shape index (κ1) is 30.2. The normalized spacial score (nSPS) is 29.5. The molecular weight excluding hydrogens is 621 g/mol. The van der Waals surface area contributed by atoms with E-state index in [0.29, 0.717) is 30.0 Å². The fraction of sp³-hybridized carbons (Fsp3) is 0.529. The van der Waals surface area contributed by atoms with Crippen LogP contribution in [0.25, 0.3) is 20.8 Å². The van der Waals surface area contributed by atoms with Gasteiger partial charge >= 0.3 is 0 Å². The van der Waals surface area contributed by atoms with Crippen molar-refractivity contribution in [1.29, 1.82) is 0 Å². The number of sulfone groups is 1. The Kier molecular flexibility index (Phi) is 6.99. The third-order valence-corrected chi connectivity index (χ3v) is 13.2. The van der Waals surface area contributed by atoms with Gasteiger partial charge in [-0.1, -0.05) is 30.3 Å². The van der Waals surface area contributed by atoms with Gasteiger partial charge in [0.1, 0.15) is 27.5 Å². The van der Waals surface area contributed by atoms with Gasteiger partial charge in [-0.15, -0.1) is 11.3 Å². The molecule has 0 radical (unpaired) electrons. The first-order chi connectivity index (χ1) is 22.0. The lowest BCUT2D eigenvalue weighted by atomic mass is 9.91. The van der Waals surface area contributed by atoms with Crippen molar-refractivity contribution < 1.29 is 18.3 Å². The molecule has 3 heterocycles. The van der Waals surface area contributed by atoms with Crippen molar-refractivity contribution in [1.82, 2.24) is 19.9 Å². The third kappa shape index (κ3) is 4.99. The third-order valence-electron chi connectivity index (χ3n) is 10.6. The Bertz CT molecular complexity index is 1920. The minimum absolute atomic E-state index is 0.209. The maximum atomic E-state index is 13.0. The van der Waals surface area contributed by atoms with E-state index in [9.17, 15) is 13.5 Å². The molecular formula is C34H40N6O4S2. The van der Waals surface area contributed by atoms with Crippen LogP contribution in [-0.2, 0) is 21.2 Å². The fourth-order valence-electron chi connectivity index (χ4n) is 7.76. The molecule has 4 aliphatic carbocycles. The van der Waals surface area contributed by atoms with E-state index in [4.69, 9.17) is 19.7 Å². The maximum absolute atomic E-state index is 13.0. The van der Waals surface area contributed by atoms with Gasteiger partial charge < -0.3 is 20.5 Å². The number of nitrogens with zero attached hydrogens (tertiary/aromatic N) is 4. The summed E-state index contributed by atoms with van der Waals surface area (Å²) in [7, 11) is -3.48. The van der Waals surface area contributed by atoms with Crippen LogP contribution >= 0.6 is 11.3 Å². The Labute approximate surface area is 273 Å². The van der Waals surface area contributed by atoms with Crippen LogP contribution in [-0.4, -0.2) is 68.3 Å². The van der Waals surface area contributed by atoms with Crippen molar-refractivity contribution in [2.45, 2.75) is 93.9 Å². The van der Waals surface area contributed by atoms with E-state index in [-0.39, 0.29) is 18.6 Å². The van der Waals surface area contributed by atoms with Crippen molar-refractivity contribution >= 4 is 43.2 Å². The van der Waals surface area contributed by atoms with Gasteiger partial charge in [0.2, 0.25) is 5.95 Å². The van der Waals surface area contributed by atoms with Crippen LogP contribution in [0.2, 0.25) is 0 Å². The predicted molar refractivity (Wildman–Crippen MR) is 180 cm³/mol. The standard InChI is InChI=1S/C34H40N6O4S2/c1-18(21-10-11-21)36-32-37-19(2)26(31-39-28-24(45-31)14-15-35-27(28)22-12-13-22)30(40-32)38-25-16-23-29(46(4,42)43)34(23,33(25,3)41)44-17-20-8-6-5-7-9-20/h5-9,14-15,18,21-23,25,29,41H,10-13,16-17H2,1-4H3,(H2,36,37,38,40)/t18-,23-,25-,29?,33+,34+/m1/s1. The van der Waals surface area contributed by atoms with Gasteiger partial charge in [-0.2, -0.15) is 4.98 Å². The van der Waals surface area contributed by atoms with Gasteiger partial charge in [0, 0.05) is 30.3 Å². The Balaban J connectivity index is 1.17. The lowest BCUT2D eigenvalue weighted by Crippen LogP contribution is -2.55. The summed E-state index contributed by atoms with van der Waals surface area (Å²) in [5.74, 6) is 1.80. The summed E-state index contributed by atoms with van der Waals surface area (Å²) >= 11 is 1.59. The number of hydrogen-bond donors (Lipinski definition) is 3. The number of aromatic nitrogens is 4. The number of aryl methyl sites for hydroxylation is 1. The van der Waals surface area contributed by atoms with Gasteiger partial charge in [0.15, 0.2) is 9.84 Å². The quantitative estimate of drug-likeness (QED) is 0.190. The number of ether oxygens (including phenoxy) is 1. The number of rotatable bonds is 11. The van der Waals surface area contributed by atoms with E-state index in [0.717, 1.165) is 50.6 Å². The van der Waals surface area contributed by atoms with Crippen LogP contribution < -0.4 is 10.6 Å². The van der Waals surface area contributed by atoms with E-state index in [1.165, 1.54) is 19.1 Å². The van der Waals surface area contributed by atoms with Crippen LogP contribution in [0.4, 0.5) is 11.8 Å². The molecule has 46 heavy (non-hydrogen) atoms. The predicted octanol–water partition coefficient (Wildman–Crippen LogP) is 5.48. The van der Waals surface area contributed by atoms with Crippen LogP contribution in [0, 0.1) is 18.8 Å². The first-order valence-electron chi connectivity index (χ1n) is 16.2. The molecule has 0 amide bonds. The minimum atomic E-state index is -3.48. The van der Waals surface area contributed by atoms with Crippen molar-refractivity contribution in [2.75, 3.05) is 16.9 Å². The molecule has 0 aliphatic heterocycles. The first-order valence-corrected chi connectivity index (χ1v) is 19.0. The molecule has 3 N–H and O–H groups in total. The SMILES string of the molecule is Cc1nc(N[C@H](C)C2CC2)nc(N[C@@H]2C[C@@H]3C(S(C)(=O)=O)[C@]3(OCc3ccccc3)[C@@]2(C)O)c1-c1nc2c(C3CC3)nccc2s1. The molecule has 4 aliphatic rings. The summed E-state index contributed by atoms with van der Waals surface area (Å²) in [5, 5.41) is 19.4. The largest absolute Gasteiger partial charge is 0.385 e. The van der Waals surface area contributed by atoms with Crippen molar-refractivity contribution in [3.05, 3.63) is 59.5 Å². The van der Waals surface area contributed by atoms with Crippen LogP contribution in [0.15, 0.2) is 42.6 Å². The molecule has 1 aromatic carbocycles. The van der Waals surface area contributed by atoms with Crippen LogP contribution in [0.3, 0.4) is 0 Å². The maximum Gasteiger partial charge on any atom is 0.225 e. The van der Waals surface area contributed by atoms with E-state index in [1.54, 1.807) is 18.3 Å². The lowest BCUT2D eigenvalue weighted by Gasteiger charge is -2.37. The van der Waals surface area contributed by atoms with Crippen molar-refractivity contribution in [3.63, 3.8) is 0 Å². The van der Waals surface area contributed by atoms with E-state index >= 15 is 0 Å². The van der Waals surface area contributed by atoms with Crippen LogP contribution in [0.1, 0.15) is 68.8 Å². The monoisotopic (exact) mass is 660 g/mol. The smallest absolute Gasteiger partial charge is 0.225 e. The van der Waals surface area contributed by atoms with E-state index in [2.05, 4.69) is 22.5 Å². The second-order valence-electron chi connectivity index (χ2n) is 14.0. The Hall–Kier alpha value is -3.19. The highest BCUT2D eigenvalue weighted by molar-refractivity contribution is 7.91. The highest BCUT2D eigenvalue weighted by Gasteiger charge is 2.84. The number of nitrogens with one attached hydrogen (secondary N) is 2. The zero-order chi connectivity index (χ0) is 32.0. The van der Waals surface area contributed by atoms with Gasteiger partial charge in [-0.25, -0.2) is 18.4 Å². The van der Waals surface area contributed by atoms with Gasteiger partial charge in [-0.3, -0.25) is 4.98 Å². The average Bonchev–Trinajstić information content (AvgIpc) is 3.91. The molecule has 0 bridgehead atoms.